The van der Waals surface area contributed by atoms with E-state index in [1.807, 2.05) is 0 Å². The second-order valence-electron chi connectivity index (χ2n) is 5.13. The smallest absolute Gasteiger partial charge is 0.281 e. The van der Waals surface area contributed by atoms with Crippen molar-refractivity contribution >= 4 is 28.8 Å². The van der Waals surface area contributed by atoms with E-state index < -0.39 is 12.3 Å². The molecule has 2 N–H and O–H groups in total. The lowest BCUT2D eigenvalue weighted by atomic mass is 10.1. The Balaban J connectivity index is 2.18. The van der Waals surface area contributed by atoms with Gasteiger partial charge in [0.2, 0.25) is 5.91 Å². The Kier molecular flexibility index (Phi) is 4.38. The number of hydrogen-bond acceptors (Lipinski definition) is 3. The minimum atomic E-state index is -2.69. The van der Waals surface area contributed by atoms with Crippen molar-refractivity contribution in [2.75, 3.05) is 0 Å². The summed E-state index contributed by atoms with van der Waals surface area (Å²) in [5.74, 6) is -0.175. The number of rotatable bonds is 4. The molecule has 0 fully saturated rings. The molecule has 0 aliphatic rings. The summed E-state index contributed by atoms with van der Waals surface area (Å²) in [6, 6.07) is 8.24. The Hall–Kier alpha value is -2.25. The number of primary amides is 1. The van der Waals surface area contributed by atoms with Crippen LogP contribution in [0, 0.1) is 6.92 Å². The Labute approximate surface area is 145 Å². The quantitative estimate of drug-likeness (QED) is 0.732. The predicted molar refractivity (Wildman–Crippen MR) is 90.1 cm³/mol. The molecule has 2 aromatic heterocycles. The highest BCUT2D eigenvalue weighted by Gasteiger charge is 2.20. The third-order valence-electron chi connectivity index (χ3n) is 3.48. The van der Waals surface area contributed by atoms with Gasteiger partial charge in [-0.3, -0.25) is 9.36 Å². The van der Waals surface area contributed by atoms with Gasteiger partial charge in [-0.05, 0) is 42.8 Å². The molecular weight excluding hydrogens is 356 g/mol. The molecule has 124 valence electrons. The number of aryl methyl sites for hydroxylation is 1. The van der Waals surface area contributed by atoms with E-state index >= 15 is 0 Å². The number of nitrogens with zero attached hydrogens (tertiary/aromatic N) is 2. The van der Waals surface area contributed by atoms with Crippen molar-refractivity contribution < 1.29 is 13.6 Å². The molecule has 2 heterocycles. The molecule has 1 amide bonds. The first-order valence-corrected chi connectivity index (χ1v) is 8.10. The van der Waals surface area contributed by atoms with Gasteiger partial charge in [0.1, 0.15) is 5.69 Å². The topological polar surface area (TPSA) is 60.9 Å². The van der Waals surface area contributed by atoms with Crippen LogP contribution in [-0.4, -0.2) is 15.5 Å². The van der Waals surface area contributed by atoms with Crippen LogP contribution in [0.5, 0.6) is 0 Å². The first-order chi connectivity index (χ1) is 11.4. The summed E-state index contributed by atoms with van der Waals surface area (Å²) in [7, 11) is 0. The number of benzene rings is 1. The zero-order valence-corrected chi connectivity index (χ0v) is 14.0. The first-order valence-electron chi connectivity index (χ1n) is 6.91. The number of halogens is 3. The maximum absolute atomic E-state index is 13.1. The molecule has 0 saturated heterocycles. The van der Waals surface area contributed by atoms with Crippen LogP contribution in [0.25, 0.3) is 16.4 Å². The molecule has 0 unspecified atom stereocenters. The van der Waals surface area contributed by atoms with Crippen molar-refractivity contribution in [2.45, 2.75) is 13.3 Å². The Morgan fingerprint density at radius 3 is 2.62 bits per heavy atom. The van der Waals surface area contributed by atoms with Gasteiger partial charge < -0.3 is 5.73 Å². The second kappa shape index (κ2) is 6.33. The molecule has 0 spiro atoms. The molecule has 24 heavy (non-hydrogen) atoms. The van der Waals surface area contributed by atoms with Crippen LogP contribution in [0.3, 0.4) is 0 Å². The van der Waals surface area contributed by atoms with Crippen LogP contribution in [0.4, 0.5) is 8.78 Å². The van der Waals surface area contributed by atoms with Gasteiger partial charge in [-0.2, -0.15) is 0 Å². The highest BCUT2D eigenvalue weighted by molar-refractivity contribution is 7.19. The van der Waals surface area contributed by atoms with Gasteiger partial charge in [-0.15, -0.1) is 11.3 Å². The Morgan fingerprint density at radius 1 is 1.33 bits per heavy atom. The summed E-state index contributed by atoms with van der Waals surface area (Å²) in [6.45, 7) is 1.77. The lowest BCUT2D eigenvalue weighted by Gasteiger charge is -2.11. The van der Waals surface area contributed by atoms with Crippen LogP contribution >= 0.6 is 22.9 Å². The summed E-state index contributed by atoms with van der Waals surface area (Å²) in [5.41, 5.74) is 6.65. The van der Waals surface area contributed by atoms with Crippen molar-refractivity contribution in [3.05, 3.63) is 57.7 Å². The molecule has 0 aliphatic carbocycles. The van der Waals surface area contributed by atoms with Crippen LogP contribution in [-0.2, 0) is 0 Å². The molecular formula is C16H12ClF2N3OS. The molecule has 3 aromatic rings. The SMILES string of the molecule is Cc1cc(C(N)=O)ccc1-n1cc(C(F)F)nc1-c1ccc(Cl)s1. The zero-order chi connectivity index (χ0) is 17.4. The van der Waals surface area contributed by atoms with E-state index in [9.17, 15) is 13.6 Å². The fraction of sp³-hybridized carbons (Fsp3) is 0.125. The van der Waals surface area contributed by atoms with E-state index in [0.29, 0.717) is 31.9 Å². The lowest BCUT2D eigenvalue weighted by Crippen LogP contribution is -2.11. The summed E-state index contributed by atoms with van der Waals surface area (Å²) >= 11 is 7.20. The first kappa shape index (κ1) is 16.6. The number of hydrogen-bond donors (Lipinski definition) is 1. The van der Waals surface area contributed by atoms with E-state index in [4.69, 9.17) is 17.3 Å². The van der Waals surface area contributed by atoms with E-state index in [1.54, 1.807) is 41.8 Å². The third-order valence-corrected chi connectivity index (χ3v) is 4.71. The third kappa shape index (κ3) is 3.05. The lowest BCUT2D eigenvalue weighted by molar-refractivity contribution is 0.1000. The fourth-order valence-electron chi connectivity index (χ4n) is 2.37. The van der Waals surface area contributed by atoms with Gasteiger partial charge >= 0.3 is 0 Å². The highest BCUT2D eigenvalue weighted by atomic mass is 35.5. The maximum atomic E-state index is 13.1. The van der Waals surface area contributed by atoms with Gasteiger partial charge in [0.25, 0.3) is 6.43 Å². The Bertz CT molecular complexity index is 920. The van der Waals surface area contributed by atoms with Crippen LogP contribution in [0.15, 0.2) is 36.5 Å². The number of aromatic nitrogens is 2. The van der Waals surface area contributed by atoms with Crippen molar-refractivity contribution in [1.29, 1.82) is 0 Å². The van der Waals surface area contributed by atoms with Crippen LogP contribution in [0.1, 0.15) is 28.0 Å². The van der Waals surface area contributed by atoms with E-state index in [-0.39, 0.29) is 5.69 Å². The molecule has 0 bridgehead atoms. The van der Waals surface area contributed by atoms with Crippen molar-refractivity contribution in [3.63, 3.8) is 0 Å². The Morgan fingerprint density at radius 2 is 2.08 bits per heavy atom. The molecule has 0 atom stereocenters. The number of nitrogens with two attached hydrogens (primary N) is 1. The number of carbonyl (C=O) groups excluding carboxylic acids is 1. The summed E-state index contributed by atoms with van der Waals surface area (Å²) in [4.78, 5) is 16.0. The summed E-state index contributed by atoms with van der Waals surface area (Å²) in [5, 5.41) is 0. The zero-order valence-electron chi connectivity index (χ0n) is 12.5. The monoisotopic (exact) mass is 367 g/mol. The number of thiophene rings is 1. The highest BCUT2D eigenvalue weighted by Crippen LogP contribution is 2.34. The largest absolute Gasteiger partial charge is 0.366 e. The number of alkyl halides is 2. The van der Waals surface area contributed by atoms with Crippen molar-refractivity contribution in [1.82, 2.24) is 9.55 Å². The number of imidazole rings is 1. The molecule has 8 heteroatoms. The fourth-order valence-corrected chi connectivity index (χ4v) is 3.40. The van der Waals surface area contributed by atoms with Crippen LogP contribution < -0.4 is 5.73 Å². The van der Waals surface area contributed by atoms with Crippen LogP contribution in [0.2, 0.25) is 4.34 Å². The predicted octanol–water partition coefficient (Wildman–Crippen LogP) is 4.60. The molecule has 0 radical (unpaired) electrons. The standard InChI is InChI=1S/C16H12ClF2N3OS/c1-8-6-9(15(20)23)2-3-11(8)22-7-10(14(18)19)21-16(22)12-4-5-13(17)24-12/h2-7,14H,1H3,(H2,20,23). The number of carbonyl (C=O) groups is 1. The second-order valence-corrected chi connectivity index (χ2v) is 6.84. The summed E-state index contributed by atoms with van der Waals surface area (Å²) < 4.78 is 28.3. The molecule has 0 saturated carbocycles. The maximum Gasteiger partial charge on any atom is 0.281 e. The molecule has 4 nitrogen and oxygen atoms in total. The van der Waals surface area contributed by atoms with Crippen molar-refractivity contribution in [2.24, 2.45) is 5.73 Å². The molecule has 3 rings (SSSR count). The van der Waals surface area contributed by atoms with Gasteiger partial charge in [0, 0.05) is 11.8 Å². The number of amides is 1. The van der Waals surface area contributed by atoms with Gasteiger partial charge in [0.15, 0.2) is 5.82 Å². The van der Waals surface area contributed by atoms with Gasteiger partial charge in [0.05, 0.1) is 14.9 Å². The normalized spacial score (nSPS) is 11.2. The minimum absolute atomic E-state index is 0.326. The molecule has 1 aromatic carbocycles. The van der Waals surface area contributed by atoms with Gasteiger partial charge in [-0.25, -0.2) is 13.8 Å². The minimum Gasteiger partial charge on any atom is -0.366 e. The molecule has 0 aliphatic heterocycles. The van der Waals surface area contributed by atoms with Crippen molar-refractivity contribution in [3.8, 4) is 16.4 Å². The van der Waals surface area contributed by atoms with Gasteiger partial charge in [-0.1, -0.05) is 11.6 Å². The van der Waals surface area contributed by atoms with E-state index in [2.05, 4.69) is 4.98 Å². The van der Waals surface area contributed by atoms with E-state index in [0.717, 1.165) is 0 Å². The summed E-state index contributed by atoms with van der Waals surface area (Å²) in [6.07, 6.45) is -1.40. The average molecular weight is 368 g/mol. The van der Waals surface area contributed by atoms with E-state index in [1.165, 1.54) is 17.5 Å². The average Bonchev–Trinajstić information content (AvgIpc) is 3.13.